The van der Waals surface area contributed by atoms with E-state index in [0.29, 0.717) is 5.92 Å². The lowest BCUT2D eigenvalue weighted by molar-refractivity contribution is 0.865. The van der Waals surface area contributed by atoms with Gasteiger partial charge in [-0.1, -0.05) is 31.2 Å². The van der Waals surface area contributed by atoms with Gasteiger partial charge < -0.3 is 0 Å². The number of hydrogen-bond acceptors (Lipinski definition) is 3. The van der Waals surface area contributed by atoms with Crippen LogP contribution in [-0.2, 0) is 0 Å². The summed E-state index contributed by atoms with van der Waals surface area (Å²) in [6, 6.07) is 7.69. The second kappa shape index (κ2) is 4.50. The summed E-state index contributed by atoms with van der Waals surface area (Å²) in [6.07, 6.45) is 1.01. The van der Waals surface area contributed by atoms with Crippen LogP contribution < -0.4 is 5.01 Å². The molecule has 1 aromatic carbocycles. The number of nitrogens with zero attached hydrogens (tertiary/aromatic N) is 2. The van der Waals surface area contributed by atoms with Gasteiger partial charge in [0.25, 0.3) is 0 Å². The molecule has 0 aliphatic heterocycles. The Kier molecular flexibility index (Phi) is 3.34. The lowest BCUT2D eigenvalue weighted by atomic mass is 10.0. The molecule has 0 bridgehead atoms. The minimum Gasteiger partial charge on any atom is -0.289 e. The van der Waals surface area contributed by atoms with Gasteiger partial charge in [-0.05, 0) is 23.6 Å². The Balaban J connectivity index is 2.92. The number of benzene rings is 1. The zero-order valence-electron chi connectivity index (χ0n) is 8.36. The van der Waals surface area contributed by atoms with Crippen LogP contribution in [-0.4, -0.2) is 6.34 Å². The van der Waals surface area contributed by atoms with Crippen LogP contribution in [0.3, 0.4) is 0 Å². The Morgan fingerprint density at radius 1 is 1.29 bits per heavy atom. The topological polar surface area (TPSA) is 63.3 Å². The molecule has 1 aromatic rings. The predicted octanol–water partition coefficient (Wildman–Crippen LogP) is 3.17. The Labute approximate surface area is 83.5 Å². The largest absolute Gasteiger partial charge is 0.289 e. The molecule has 0 atom stereocenters. The highest BCUT2D eigenvalue weighted by Gasteiger charge is 2.02. The monoisotopic (exact) mass is 190 g/mol. The highest BCUT2D eigenvalue weighted by molar-refractivity contribution is 5.75. The first-order chi connectivity index (χ1) is 6.69. The van der Waals surface area contributed by atoms with Crippen molar-refractivity contribution in [1.29, 1.82) is 10.9 Å². The van der Waals surface area contributed by atoms with Gasteiger partial charge in [0.15, 0.2) is 0 Å². The van der Waals surface area contributed by atoms with Crippen LogP contribution in [0.2, 0.25) is 0 Å². The van der Waals surface area contributed by atoms with Crippen LogP contribution in [0.15, 0.2) is 29.5 Å². The maximum absolute atomic E-state index is 7.02. The molecule has 14 heavy (non-hydrogen) atoms. The fraction of sp³-hybridized carbons (Fsp3) is 0.300. The van der Waals surface area contributed by atoms with Gasteiger partial charge in [0.1, 0.15) is 6.34 Å². The average molecular weight is 190 g/mol. The first-order valence-electron chi connectivity index (χ1n) is 4.46. The number of rotatable bonds is 4. The second-order valence-corrected chi connectivity index (χ2v) is 3.32. The van der Waals surface area contributed by atoms with Gasteiger partial charge in [-0.2, -0.15) is 5.53 Å². The number of anilines is 1. The van der Waals surface area contributed by atoms with Crippen molar-refractivity contribution in [2.45, 2.75) is 19.8 Å². The third-order valence-corrected chi connectivity index (χ3v) is 2.05. The van der Waals surface area contributed by atoms with Crippen molar-refractivity contribution in [1.82, 2.24) is 0 Å². The third kappa shape index (κ3) is 2.16. The molecular formula is C10H14N4. The molecule has 0 aromatic heterocycles. The van der Waals surface area contributed by atoms with Crippen LogP contribution >= 0.6 is 0 Å². The van der Waals surface area contributed by atoms with Gasteiger partial charge in [-0.15, -0.1) is 0 Å². The van der Waals surface area contributed by atoms with Crippen molar-refractivity contribution < 1.29 is 0 Å². The van der Waals surface area contributed by atoms with Crippen molar-refractivity contribution in [3.05, 3.63) is 29.8 Å². The summed E-state index contributed by atoms with van der Waals surface area (Å²) in [7, 11) is 0. The molecule has 0 fully saturated rings. The molecule has 74 valence electrons. The average Bonchev–Trinajstić information content (AvgIpc) is 2.20. The van der Waals surface area contributed by atoms with E-state index in [2.05, 4.69) is 19.1 Å². The summed E-state index contributed by atoms with van der Waals surface area (Å²) in [4.78, 5) is 0. The van der Waals surface area contributed by atoms with Gasteiger partial charge in [0.05, 0.1) is 5.69 Å². The molecule has 0 spiro atoms. The molecule has 0 aliphatic carbocycles. The first kappa shape index (κ1) is 10.4. The summed E-state index contributed by atoms with van der Waals surface area (Å²) in [5, 5.41) is 11.4. The molecule has 0 saturated heterocycles. The van der Waals surface area contributed by atoms with Crippen LogP contribution in [0.4, 0.5) is 5.69 Å². The first-order valence-corrected chi connectivity index (χ1v) is 4.46. The van der Waals surface area contributed by atoms with Crippen molar-refractivity contribution in [2.75, 3.05) is 5.01 Å². The minimum absolute atomic E-state index is 0.491. The van der Waals surface area contributed by atoms with E-state index in [4.69, 9.17) is 10.9 Å². The third-order valence-electron chi connectivity index (χ3n) is 2.05. The SMILES string of the molecule is CC(C)c1ccc(N(C=N)N=N)cc1. The van der Waals surface area contributed by atoms with E-state index in [1.54, 1.807) is 0 Å². The zero-order chi connectivity index (χ0) is 10.6. The highest BCUT2D eigenvalue weighted by Crippen LogP contribution is 2.19. The molecule has 0 radical (unpaired) electrons. The van der Waals surface area contributed by atoms with Gasteiger partial charge in [-0.25, -0.2) is 5.01 Å². The molecule has 4 heteroatoms. The predicted molar refractivity (Wildman–Crippen MR) is 56.9 cm³/mol. The molecule has 0 aliphatic rings. The number of hydrogen-bond donors (Lipinski definition) is 2. The van der Waals surface area contributed by atoms with E-state index in [9.17, 15) is 0 Å². The molecule has 0 heterocycles. The molecule has 4 nitrogen and oxygen atoms in total. The van der Waals surface area contributed by atoms with E-state index in [0.717, 1.165) is 12.0 Å². The summed E-state index contributed by atoms with van der Waals surface area (Å²) >= 11 is 0. The lowest BCUT2D eigenvalue weighted by Crippen LogP contribution is -2.11. The Bertz CT molecular complexity index is 307. The van der Waals surface area contributed by atoms with Crippen molar-refractivity contribution in [2.24, 2.45) is 5.22 Å². The van der Waals surface area contributed by atoms with E-state index in [1.165, 1.54) is 10.6 Å². The Morgan fingerprint density at radius 2 is 1.86 bits per heavy atom. The lowest BCUT2D eigenvalue weighted by Gasteiger charge is -2.11. The molecule has 0 unspecified atom stereocenters. The maximum atomic E-state index is 7.02. The fourth-order valence-electron chi connectivity index (χ4n) is 1.17. The van der Waals surface area contributed by atoms with E-state index in [1.807, 2.05) is 24.3 Å². The van der Waals surface area contributed by atoms with Crippen LogP contribution in [0.25, 0.3) is 0 Å². The summed E-state index contributed by atoms with van der Waals surface area (Å²) < 4.78 is 0. The minimum atomic E-state index is 0.491. The fourth-order valence-corrected chi connectivity index (χ4v) is 1.17. The maximum Gasteiger partial charge on any atom is 0.110 e. The van der Waals surface area contributed by atoms with Gasteiger partial charge in [-0.3, -0.25) is 5.41 Å². The van der Waals surface area contributed by atoms with Crippen molar-refractivity contribution in [3.63, 3.8) is 0 Å². The molecule has 2 N–H and O–H groups in total. The van der Waals surface area contributed by atoms with Gasteiger partial charge in [0.2, 0.25) is 0 Å². The van der Waals surface area contributed by atoms with E-state index >= 15 is 0 Å². The van der Waals surface area contributed by atoms with Crippen molar-refractivity contribution in [3.8, 4) is 0 Å². The van der Waals surface area contributed by atoms with E-state index < -0.39 is 0 Å². The second-order valence-electron chi connectivity index (χ2n) is 3.32. The summed E-state index contributed by atoms with van der Waals surface area (Å²) in [6.45, 7) is 4.25. The molecular weight excluding hydrogens is 176 g/mol. The molecule has 0 amide bonds. The number of nitrogens with one attached hydrogen (secondary N) is 2. The van der Waals surface area contributed by atoms with Gasteiger partial charge >= 0.3 is 0 Å². The summed E-state index contributed by atoms with van der Waals surface area (Å²) in [5.74, 6) is 0.491. The quantitative estimate of drug-likeness (QED) is 0.325. The Hall–Kier alpha value is -1.71. The summed E-state index contributed by atoms with van der Waals surface area (Å²) in [5.41, 5.74) is 8.81. The van der Waals surface area contributed by atoms with Gasteiger partial charge in [0, 0.05) is 0 Å². The Morgan fingerprint density at radius 3 is 2.21 bits per heavy atom. The molecule has 0 saturated carbocycles. The van der Waals surface area contributed by atoms with E-state index in [-0.39, 0.29) is 0 Å². The molecule has 1 rings (SSSR count). The normalized spacial score (nSPS) is 9.93. The van der Waals surface area contributed by atoms with Crippen LogP contribution in [0, 0.1) is 10.9 Å². The highest BCUT2D eigenvalue weighted by atomic mass is 15.5. The zero-order valence-corrected chi connectivity index (χ0v) is 8.36. The smallest absolute Gasteiger partial charge is 0.110 e. The van der Waals surface area contributed by atoms with Crippen LogP contribution in [0.5, 0.6) is 0 Å². The van der Waals surface area contributed by atoms with Crippen LogP contribution in [0.1, 0.15) is 25.3 Å². The standard InChI is InChI=1S/C10H14N4/c1-8(2)9-3-5-10(6-4-9)14(7-11)13-12/h3-8,11-12H,1-2H3. The van der Waals surface area contributed by atoms with Crippen molar-refractivity contribution >= 4 is 12.0 Å².